The van der Waals surface area contributed by atoms with Crippen LogP contribution in [0, 0.1) is 6.92 Å². The molecular weight excluding hydrogens is 345 g/mol. The van der Waals surface area contributed by atoms with Crippen LogP contribution >= 0.6 is 36.2 Å². The Balaban J connectivity index is 0.00000121. The number of thiazole rings is 1. The van der Waals surface area contributed by atoms with Crippen LogP contribution in [0.25, 0.3) is 0 Å². The second kappa shape index (κ2) is 8.47. The van der Waals surface area contributed by atoms with Crippen molar-refractivity contribution in [3.63, 3.8) is 0 Å². The van der Waals surface area contributed by atoms with Crippen molar-refractivity contribution < 1.29 is 4.79 Å². The first-order valence-corrected chi connectivity index (χ1v) is 7.55. The van der Waals surface area contributed by atoms with Crippen LogP contribution in [0.4, 0.5) is 5.82 Å². The molecule has 1 fully saturated rings. The van der Waals surface area contributed by atoms with E-state index in [-0.39, 0.29) is 30.7 Å². The molecule has 1 amide bonds. The highest BCUT2D eigenvalue weighted by atomic mass is 35.5. The highest BCUT2D eigenvalue weighted by Gasteiger charge is 2.17. The van der Waals surface area contributed by atoms with Crippen molar-refractivity contribution in [3.8, 4) is 0 Å². The van der Waals surface area contributed by atoms with Crippen LogP contribution in [0.5, 0.6) is 0 Å². The van der Waals surface area contributed by atoms with E-state index in [0.717, 1.165) is 30.2 Å². The smallest absolute Gasteiger partial charge is 0.231 e. The summed E-state index contributed by atoms with van der Waals surface area (Å²) in [6.07, 6.45) is 3.29. The Morgan fingerprint density at radius 1 is 1.55 bits per heavy atom. The SMILES string of the molecule is Cc1nc(CC(=O)Nc2ccn(C3CCNC3)n2)cs1.Cl.Cl. The summed E-state index contributed by atoms with van der Waals surface area (Å²) in [5.74, 6) is 0.527. The Morgan fingerprint density at radius 2 is 2.36 bits per heavy atom. The zero-order chi connectivity index (χ0) is 13.9. The van der Waals surface area contributed by atoms with Crippen LogP contribution < -0.4 is 10.6 Å². The molecule has 0 aliphatic carbocycles. The van der Waals surface area contributed by atoms with Gasteiger partial charge in [-0.3, -0.25) is 9.48 Å². The molecule has 1 aliphatic rings. The van der Waals surface area contributed by atoms with E-state index in [1.807, 2.05) is 29.2 Å². The molecule has 1 saturated heterocycles. The number of aromatic nitrogens is 3. The third-order valence-corrected chi connectivity index (χ3v) is 4.11. The van der Waals surface area contributed by atoms with Gasteiger partial charge in [-0.05, 0) is 19.9 Å². The van der Waals surface area contributed by atoms with Gasteiger partial charge in [0.2, 0.25) is 5.91 Å². The molecule has 0 spiro atoms. The Hall–Kier alpha value is -1.15. The van der Waals surface area contributed by atoms with Gasteiger partial charge < -0.3 is 10.6 Å². The minimum atomic E-state index is -0.0786. The quantitative estimate of drug-likeness (QED) is 0.873. The van der Waals surface area contributed by atoms with E-state index in [0.29, 0.717) is 18.3 Å². The summed E-state index contributed by atoms with van der Waals surface area (Å²) in [5, 5.41) is 13.4. The lowest BCUT2D eigenvalue weighted by Crippen LogP contribution is -2.17. The van der Waals surface area contributed by atoms with E-state index in [2.05, 4.69) is 20.7 Å². The number of amides is 1. The number of carbonyl (C=O) groups excluding carboxylic acids is 1. The minimum absolute atomic E-state index is 0. The predicted octanol–water partition coefficient (Wildman–Crippen LogP) is 2.21. The second-order valence-electron chi connectivity index (χ2n) is 4.91. The van der Waals surface area contributed by atoms with Crippen molar-refractivity contribution in [2.24, 2.45) is 0 Å². The zero-order valence-electron chi connectivity index (χ0n) is 12.1. The molecule has 1 aliphatic heterocycles. The molecule has 2 aromatic heterocycles. The summed E-state index contributed by atoms with van der Waals surface area (Å²) in [6, 6.07) is 2.23. The molecule has 22 heavy (non-hydrogen) atoms. The second-order valence-corrected chi connectivity index (χ2v) is 5.97. The van der Waals surface area contributed by atoms with Crippen LogP contribution in [0.1, 0.15) is 23.2 Å². The molecule has 0 radical (unpaired) electrons. The van der Waals surface area contributed by atoms with Crippen molar-refractivity contribution in [2.45, 2.75) is 25.8 Å². The standard InChI is InChI=1S/C13H17N5OS.2ClH/c1-9-15-10(8-20-9)6-13(19)16-12-3-5-18(17-12)11-2-4-14-7-11;;/h3,5,8,11,14H,2,4,6-7H2,1H3,(H,16,17,19);2*1H. The van der Waals surface area contributed by atoms with E-state index >= 15 is 0 Å². The van der Waals surface area contributed by atoms with E-state index in [4.69, 9.17) is 0 Å². The van der Waals surface area contributed by atoms with Gasteiger partial charge in [0, 0.05) is 24.2 Å². The number of rotatable bonds is 4. The summed E-state index contributed by atoms with van der Waals surface area (Å²) in [5.41, 5.74) is 0.810. The molecule has 2 N–H and O–H groups in total. The first kappa shape index (κ1) is 18.9. The summed E-state index contributed by atoms with van der Waals surface area (Å²) >= 11 is 1.56. The summed E-state index contributed by atoms with van der Waals surface area (Å²) < 4.78 is 1.92. The number of carbonyl (C=O) groups is 1. The number of halogens is 2. The van der Waals surface area contributed by atoms with Gasteiger partial charge in [0.1, 0.15) is 0 Å². The van der Waals surface area contributed by atoms with Gasteiger partial charge in [0.15, 0.2) is 5.82 Å². The number of nitrogens with one attached hydrogen (secondary N) is 2. The van der Waals surface area contributed by atoms with Crippen molar-refractivity contribution in [1.82, 2.24) is 20.1 Å². The van der Waals surface area contributed by atoms with Crippen LogP contribution in [-0.2, 0) is 11.2 Å². The maximum atomic E-state index is 11.9. The Morgan fingerprint density at radius 3 is 3.00 bits per heavy atom. The maximum Gasteiger partial charge on any atom is 0.231 e. The van der Waals surface area contributed by atoms with Gasteiger partial charge >= 0.3 is 0 Å². The highest BCUT2D eigenvalue weighted by molar-refractivity contribution is 7.09. The largest absolute Gasteiger partial charge is 0.315 e. The van der Waals surface area contributed by atoms with Crippen molar-refractivity contribution in [1.29, 1.82) is 0 Å². The number of anilines is 1. The summed E-state index contributed by atoms with van der Waals surface area (Å²) in [4.78, 5) is 16.2. The first-order chi connectivity index (χ1) is 9.70. The number of nitrogens with zero attached hydrogens (tertiary/aromatic N) is 3. The number of aryl methyl sites for hydroxylation is 1. The zero-order valence-corrected chi connectivity index (χ0v) is 14.6. The van der Waals surface area contributed by atoms with Gasteiger partial charge in [0.25, 0.3) is 0 Å². The van der Waals surface area contributed by atoms with Gasteiger partial charge in [-0.25, -0.2) is 4.98 Å². The van der Waals surface area contributed by atoms with E-state index < -0.39 is 0 Å². The van der Waals surface area contributed by atoms with Gasteiger partial charge in [-0.15, -0.1) is 36.2 Å². The summed E-state index contributed by atoms with van der Waals surface area (Å²) in [6.45, 7) is 3.89. The molecule has 2 aromatic rings. The Kier molecular flexibility index (Phi) is 7.28. The van der Waals surface area contributed by atoms with Gasteiger partial charge in [-0.1, -0.05) is 0 Å². The Bertz CT molecular complexity index is 609. The lowest BCUT2D eigenvalue weighted by Gasteiger charge is -2.08. The average molecular weight is 364 g/mol. The molecule has 0 saturated carbocycles. The predicted molar refractivity (Wildman–Crippen MR) is 92.4 cm³/mol. The first-order valence-electron chi connectivity index (χ1n) is 6.67. The topological polar surface area (TPSA) is 71.8 Å². The van der Waals surface area contributed by atoms with E-state index in [1.165, 1.54) is 0 Å². The molecule has 6 nitrogen and oxygen atoms in total. The molecule has 0 bridgehead atoms. The van der Waals surface area contributed by atoms with Crippen LogP contribution in [0.15, 0.2) is 17.6 Å². The molecule has 9 heteroatoms. The number of hydrogen-bond donors (Lipinski definition) is 2. The van der Waals surface area contributed by atoms with Crippen molar-refractivity contribution >= 4 is 47.9 Å². The van der Waals surface area contributed by atoms with Crippen LogP contribution in [0.3, 0.4) is 0 Å². The normalized spacial score (nSPS) is 16.7. The van der Waals surface area contributed by atoms with Crippen molar-refractivity contribution in [2.75, 3.05) is 18.4 Å². The molecule has 0 aromatic carbocycles. The molecular formula is C13H19Cl2N5OS. The Labute approximate surface area is 145 Å². The minimum Gasteiger partial charge on any atom is -0.315 e. The molecule has 3 rings (SSSR count). The van der Waals surface area contributed by atoms with E-state index in [9.17, 15) is 4.79 Å². The molecule has 122 valence electrons. The molecule has 1 unspecified atom stereocenters. The molecule has 3 heterocycles. The monoisotopic (exact) mass is 363 g/mol. The van der Waals surface area contributed by atoms with Crippen LogP contribution in [-0.4, -0.2) is 33.8 Å². The third kappa shape index (κ3) is 4.67. The van der Waals surface area contributed by atoms with Gasteiger partial charge in [-0.2, -0.15) is 5.10 Å². The number of hydrogen-bond acceptors (Lipinski definition) is 5. The lowest BCUT2D eigenvalue weighted by atomic mass is 10.3. The fraction of sp³-hybridized carbons (Fsp3) is 0.462. The lowest BCUT2D eigenvalue weighted by molar-refractivity contribution is -0.115. The van der Waals surface area contributed by atoms with Crippen LogP contribution in [0.2, 0.25) is 0 Å². The highest BCUT2D eigenvalue weighted by Crippen LogP contribution is 2.16. The summed E-state index contributed by atoms with van der Waals surface area (Å²) in [7, 11) is 0. The van der Waals surface area contributed by atoms with Gasteiger partial charge in [0.05, 0.1) is 23.2 Å². The van der Waals surface area contributed by atoms with E-state index in [1.54, 1.807) is 11.3 Å². The van der Waals surface area contributed by atoms with Crippen molar-refractivity contribution in [3.05, 3.63) is 28.3 Å². The average Bonchev–Trinajstić information content (AvgIpc) is 3.10. The fourth-order valence-corrected chi connectivity index (χ4v) is 2.93. The maximum absolute atomic E-state index is 11.9. The third-order valence-electron chi connectivity index (χ3n) is 3.29. The molecule has 1 atom stereocenters. The fourth-order valence-electron chi connectivity index (χ4n) is 2.31.